The van der Waals surface area contributed by atoms with Crippen LogP contribution in [0.4, 0.5) is 0 Å². The lowest BCUT2D eigenvalue weighted by Gasteiger charge is -2.20. The van der Waals surface area contributed by atoms with Gasteiger partial charge in [-0.15, -0.1) is 0 Å². The summed E-state index contributed by atoms with van der Waals surface area (Å²) in [6.45, 7) is 8.37. The highest BCUT2D eigenvalue weighted by Gasteiger charge is 2.17. The highest BCUT2D eigenvalue weighted by atomic mass is 16.3. The average Bonchev–Trinajstić information content (AvgIpc) is 2.97. The van der Waals surface area contributed by atoms with Gasteiger partial charge in [-0.25, -0.2) is 0 Å². The summed E-state index contributed by atoms with van der Waals surface area (Å²) in [5.74, 6) is 1.70. The van der Waals surface area contributed by atoms with Crippen LogP contribution in [0.2, 0.25) is 0 Å². The van der Waals surface area contributed by atoms with E-state index in [0.717, 1.165) is 24.0 Å². The molecule has 40 heavy (non-hydrogen) atoms. The SMILES string of the molecule is C/C=C(/c1ccc(O)cc1)C(CC)c1ccc(O)cc1.C/C=C(\c1ccc(O)cc1)C(CC)c1ccc(O)cc1. The first-order chi connectivity index (χ1) is 19.3. The van der Waals surface area contributed by atoms with Crippen LogP contribution in [0.3, 0.4) is 0 Å². The second-order valence-corrected chi connectivity index (χ2v) is 9.69. The van der Waals surface area contributed by atoms with E-state index < -0.39 is 0 Å². The Morgan fingerprint density at radius 2 is 0.725 bits per heavy atom. The van der Waals surface area contributed by atoms with Gasteiger partial charge in [-0.2, -0.15) is 0 Å². The van der Waals surface area contributed by atoms with Crippen LogP contribution in [0.1, 0.15) is 74.6 Å². The molecule has 0 saturated heterocycles. The van der Waals surface area contributed by atoms with E-state index in [9.17, 15) is 20.4 Å². The van der Waals surface area contributed by atoms with Crippen molar-refractivity contribution in [3.05, 3.63) is 131 Å². The number of rotatable bonds is 8. The quantitative estimate of drug-likeness (QED) is 0.181. The zero-order valence-electron chi connectivity index (χ0n) is 23.8. The Balaban J connectivity index is 0.000000220. The fourth-order valence-corrected chi connectivity index (χ4v) is 5.13. The van der Waals surface area contributed by atoms with E-state index in [0.29, 0.717) is 0 Å². The molecular formula is C36H40O4. The molecule has 0 aromatic heterocycles. The van der Waals surface area contributed by atoms with Crippen molar-refractivity contribution in [2.24, 2.45) is 0 Å². The van der Waals surface area contributed by atoms with E-state index in [1.54, 1.807) is 48.5 Å². The molecule has 4 nitrogen and oxygen atoms in total. The van der Waals surface area contributed by atoms with Crippen molar-refractivity contribution in [3.63, 3.8) is 0 Å². The molecule has 0 bridgehead atoms. The lowest BCUT2D eigenvalue weighted by atomic mass is 9.84. The van der Waals surface area contributed by atoms with Crippen LogP contribution < -0.4 is 0 Å². The second-order valence-electron chi connectivity index (χ2n) is 9.69. The summed E-state index contributed by atoms with van der Waals surface area (Å²) in [4.78, 5) is 0. The number of aromatic hydroxyl groups is 4. The molecule has 4 aromatic rings. The van der Waals surface area contributed by atoms with Gasteiger partial charge >= 0.3 is 0 Å². The molecule has 4 rings (SSSR count). The largest absolute Gasteiger partial charge is 0.508 e. The fourth-order valence-electron chi connectivity index (χ4n) is 5.13. The van der Waals surface area contributed by atoms with Crippen LogP contribution in [0.25, 0.3) is 11.1 Å². The molecular weight excluding hydrogens is 496 g/mol. The van der Waals surface area contributed by atoms with Crippen LogP contribution >= 0.6 is 0 Å². The van der Waals surface area contributed by atoms with Crippen LogP contribution in [-0.2, 0) is 0 Å². The molecule has 4 heteroatoms. The minimum absolute atomic E-state index is 0.280. The van der Waals surface area contributed by atoms with Crippen molar-refractivity contribution in [1.29, 1.82) is 0 Å². The zero-order chi connectivity index (χ0) is 29.1. The summed E-state index contributed by atoms with van der Waals surface area (Å²) in [6.07, 6.45) is 6.19. The number of phenolic OH excluding ortho intramolecular Hbond substituents is 4. The molecule has 0 spiro atoms. The Morgan fingerprint density at radius 1 is 0.475 bits per heavy atom. The minimum Gasteiger partial charge on any atom is -0.508 e. The first-order valence-corrected chi connectivity index (χ1v) is 13.8. The molecule has 0 aliphatic carbocycles. The molecule has 0 radical (unpaired) electrons. The van der Waals surface area contributed by atoms with Crippen LogP contribution in [0.15, 0.2) is 109 Å². The van der Waals surface area contributed by atoms with E-state index >= 15 is 0 Å². The third kappa shape index (κ3) is 7.79. The summed E-state index contributed by atoms with van der Waals surface area (Å²) < 4.78 is 0. The summed E-state index contributed by atoms with van der Waals surface area (Å²) in [5, 5.41) is 37.6. The van der Waals surface area contributed by atoms with E-state index in [1.807, 2.05) is 62.4 Å². The summed E-state index contributed by atoms with van der Waals surface area (Å²) in [6, 6.07) is 29.4. The first kappa shape index (κ1) is 30.1. The first-order valence-electron chi connectivity index (χ1n) is 13.8. The normalized spacial score (nSPS) is 13.2. The maximum absolute atomic E-state index is 9.41. The van der Waals surface area contributed by atoms with Crippen molar-refractivity contribution in [2.45, 2.75) is 52.4 Å². The molecule has 0 amide bonds. The third-order valence-corrected chi connectivity index (χ3v) is 7.18. The zero-order valence-corrected chi connectivity index (χ0v) is 23.8. The maximum atomic E-state index is 9.41. The van der Waals surface area contributed by atoms with Gasteiger partial charge in [-0.1, -0.05) is 74.5 Å². The summed E-state index contributed by atoms with van der Waals surface area (Å²) >= 11 is 0. The molecule has 2 unspecified atom stereocenters. The summed E-state index contributed by atoms with van der Waals surface area (Å²) in [5.41, 5.74) is 7.07. The summed E-state index contributed by atoms with van der Waals surface area (Å²) in [7, 11) is 0. The molecule has 4 aromatic carbocycles. The number of hydrogen-bond acceptors (Lipinski definition) is 4. The van der Waals surface area contributed by atoms with Gasteiger partial charge < -0.3 is 20.4 Å². The average molecular weight is 537 g/mol. The van der Waals surface area contributed by atoms with Gasteiger partial charge in [-0.05, 0) is 109 Å². The van der Waals surface area contributed by atoms with Gasteiger partial charge in [0.15, 0.2) is 0 Å². The number of phenols is 4. The van der Waals surface area contributed by atoms with E-state index in [2.05, 4.69) is 26.0 Å². The Labute approximate surface area is 238 Å². The van der Waals surface area contributed by atoms with Crippen molar-refractivity contribution >= 4 is 11.1 Å². The predicted molar refractivity (Wildman–Crippen MR) is 166 cm³/mol. The van der Waals surface area contributed by atoms with Crippen molar-refractivity contribution in [2.75, 3.05) is 0 Å². The second kappa shape index (κ2) is 14.6. The lowest BCUT2D eigenvalue weighted by Crippen LogP contribution is -2.01. The van der Waals surface area contributed by atoms with E-state index in [-0.39, 0.29) is 34.8 Å². The molecule has 208 valence electrons. The molecule has 0 saturated carbocycles. The van der Waals surface area contributed by atoms with Crippen molar-refractivity contribution < 1.29 is 20.4 Å². The Bertz CT molecular complexity index is 1270. The van der Waals surface area contributed by atoms with E-state index in [1.165, 1.54) is 22.3 Å². The topological polar surface area (TPSA) is 80.9 Å². The molecule has 0 heterocycles. The Morgan fingerprint density at radius 3 is 0.950 bits per heavy atom. The molecule has 4 N–H and O–H groups in total. The monoisotopic (exact) mass is 536 g/mol. The molecule has 0 aliphatic heterocycles. The molecule has 0 aliphatic rings. The van der Waals surface area contributed by atoms with Gasteiger partial charge in [0, 0.05) is 11.8 Å². The maximum Gasteiger partial charge on any atom is 0.115 e. The lowest BCUT2D eigenvalue weighted by molar-refractivity contribution is 0.474. The smallest absolute Gasteiger partial charge is 0.115 e. The predicted octanol–water partition coefficient (Wildman–Crippen LogP) is 9.39. The van der Waals surface area contributed by atoms with Crippen LogP contribution in [0.5, 0.6) is 23.0 Å². The highest BCUT2D eigenvalue weighted by Crippen LogP contribution is 2.37. The third-order valence-electron chi connectivity index (χ3n) is 7.18. The molecule has 0 fully saturated rings. The number of benzene rings is 4. The standard InChI is InChI=1S/2C18H20O2/c2*1-3-17(13-5-9-15(19)10-6-13)18(4-2)14-7-11-16(20)12-8-14/h2*3,5-12,18-20H,4H2,1-2H3/b17-3+;17-3-. The highest BCUT2D eigenvalue weighted by molar-refractivity contribution is 5.72. The Kier molecular flexibility index (Phi) is 11.0. The van der Waals surface area contributed by atoms with Crippen molar-refractivity contribution in [1.82, 2.24) is 0 Å². The fraction of sp³-hybridized carbons (Fsp3) is 0.222. The number of allylic oxidation sites excluding steroid dienone is 4. The van der Waals surface area contributed by atoms with Gasteiger partial charge in [-0.3, -0.25) is 0 Å². The minimum atomic E-state index is 0.280. The van der Waals surface area contributed by atoms with Gasteiger partial charge in [0.25, 0.3) is 0 Å². The molecule has 2 atom stereocenters. The van der Waals surface area contributed by atoms with Crippen molar-refractivity contribution in [3.8, 4) is 23.0 Å². The Hall–Kier alpha value is -4.44. The van der Waals surface area contributed by atoms with Gasteiger partial charge in [0.1, 0.15) is 23.0 Å². The van der Waals surface area contributed by atoms with Crippen LogP contribution in [0, 0.1) is 0 Å². The number of hydrogen-bond donors (Lipinski definition) is 4. The van der Waals surface area contributed by atoms with Gasteiger partial charge in [0.05, 0.1) is 0 Å². The van der Waals surface area contributed by atoms with E-state index in [4.69, 9.17) is 0 Å². The van der Waals surface area contributed by atoms with Crippen LogP contribution in [-0.4, -0.2) is 20.4 Å². The van der Waals surface area contributed by atoms with Gasteiger partial charge in [0.2, 0.25) is 0 Å².